The predicted molar refractivity (Wildman–Crippen MR) is 133 cm³/mol. The van der Waals surface area contributed by atoms with Crippen LogP contribution in [-0.2, 0) is 23.9 Å². The fraction of sp³-hybridized carbons (Fsp3) is 0.250. The van der Waals surface area contributed by atoms with Gasteiger partial charge in [-0.3, -0.25) is 9.69 Å². The summed E-state index contributed by atoms with van der Waals surface area (Å²) >= 11 is 0. The highest BCUT2D eigenvalue weighted by Gasteiger charge is 2.30. The monoisotopic (exact) mass is 490 g/mol. The van der Waals surface area contributed by atoms with Crippen LogP contribution in [0.3, 0.4) is 0 Å². The van der Waals surface area contributed by atoms with Crippen LogP contribution in [0.25, 0.3) is 22.2 Å². The molecule has 1 aliphatic rings. The van der Waals surface area contributed by atoms with Gasteiger partial charge in [0.1, 0.15) is 5.82 Å². The molecule has 0 spiro atoms. The van der Waals surface area contributed by atoms with Gasteiger partial charge in [0.15, 0.2) is 0 Å². The van der Waals surface area contributed by atoms with Gasteiger partial charge in [-0.05, 0) is 61.3 Å². The molecule has 3 heterocycles. The quantitative estimate of drug-likeness (QED) is 0.355. The lowest BCUT2D eigenvalue weighted by molar-refractivity contribution is -0.137. The first-order chi connectivity index (χ1) is 17.3. The average Bonchev–Trinajstić information content (AvgIpc) is 3.38. The minimum absolute atomic E-state index is 0.0631. The number of para-hydroxylation sites is 1. The number of alkyl halides is 3. The van der Waals surface area contributed by atoms with Crippen LogP contribution < -0.4 is 5.32 Å². The maximum atomic E-state index is 13.2. The molecule has 1 amide bonds. The van der Waals surface area contributed by atoms with Gasteiger partial charge in [0.2, 0.25) is 5.91 Å². The molecule has 1 N–H and O–H groups in total. The van der Waals surface area contributed by atoms with E-state index in [0.717, 1.165) is 42.7 Å². The van der Waals surface area contributed by atoms with Gasteiger partial charge >= 0.3 is 6.18 Å². The molecule has 184 valence electrons. The number of amides is 1. The van der Waals surface area contributed by atoms with Crippen LogP contribution in [0.15, 0.2) is 72.9 Å². The fourth-order valence-corrected chi connectivity index (χ4v) is 4.52. The SMILES string of the molecule is O=C(Cc1cccc2ccc(-c3cccc(C(F)(F)F)c3)nc12)Nc1ccc(CN2CCCC2)cn1. The first kappa shape index (κ1) is 23.9. The lowest BCUT2D eigenvalue weighted by atomic mass is 10.0. The highest BCUT2D eigenvalue weighted by atomic mass is 19.4. The van der Waals surface area contributed by atoms with Crippen LogP contribution in [0.5, 0.6) is 0 Å². The van der Waals surface area contributed by atoms with Crippen molar-refractivity contribution >= 4 is 22.6 Å². The molecule has 0 atom stereocenters. The van der Waals surface area contributed by atoms with E-state index in [1.54, 1.807) is 36.5 Å². The van der Waals surface area contributed by atoms with Crippen molar-refractivity contribution in [3.63, 3.8) is 0 Å². The van der Waals surface area contributed by atoms with Gasteiger partial charge in [0.05, 0.1) is 23.2 Å². The van der Waals surface area contributed by atoms with Crippen molar-refractivity contribution in [3.05, 3.63) is 89.6 Å². The number of carbonyl (C=O) groups is 1. The Balaban J connectivity index is 1.32. The molecular weight excluding hydrogens is 465 g/mol. The predicted octanol–water partition coefficient (Wildman–Crippen LogP) is 6.09. The molecule has 2 aromatic carbocycles. The number of carbonyl (C=O) groups excluding carboxylic acids is 1. The van der Waals surface area contributed by atoms with Crippen LogP contribution >= 0.6 is 0 Å². The maximum absolute atomic E-state index is 13.2. The summed E-state index contributed by atoms with van der Waals surface area (Å²) < 4.78 is 39.5. The molecular formula is C28H25F3N4O. The molecule has 1 saturated heterocycles. The number of fused-ring (bicyclic) bond motifs is 1. The molecule has 36 heavy (non-hydrogen) atoms. The number of nitrogens with zero attached hydrogens (tertiary/aromatic N) is 3. The summed E-state index contributed by atoms with van der Waals surface area (Å²) in [7, 11) is 0. The molecule has 0 aliphatic carbocycles. The van der Waals surface area contributed by atoms with Crippen molar-refractivity contribution in [3.8, 4) is 11.3 Å². The van der Waals surface area contributed by atoms with Crippen LogP contribution in [-0.4, -0.2) is 33.9 Å². The topological polar surface area (TPSA) is 58.1 Å². The van der Waals surface area contributed by atoms with Gasteiger partial charge in [0.25, 0.3) is 0 Å². The number of hydrogen-bond donors (Lipinski definition) is 1. The lowest BCUT2D eigenvalue weighted by Gasteiger charge is -2.14. The summed E-state index contributed by atoms with van der Waals surface area (Å²) in [5.41, 5.74) is 2.42. The van der Waals surface area contributed by atoms with E-state index in [1.165, 1.54) is 18.9 Å². The Morgan fingerprint density at radius 1 is 0.972 bits per heavy atom. The van der Waals surface area contributed by atoms with Crippen LogP contribution in [0.4, 0.5) is 19.0 Å². The fourth-order valence-electron chi connectivity index (χ4n) is 4.52. The Morgan fingerprint density at radius 2 is 1.78 bits per heavy atom. The van der Waals surface area contributed by atoms with Crippen molar-refractivity contribution < 1.29 is 18.0 Å². The van der Waals surface area contributed by atoms with E-state index in [-0.39, 0.29) is 12.3 Å². The number of halogens is 3. The molecule has 5 rings (SSSR count). The number of pyridine rings is 2. The number of hydrogen-bond acceptors (Lipinski definition) is 4. The number of benzene rings is 2. The number of aromatic nitrogens is 2. The van der Waals surface area contributed by atoms with Gasteiger partial charge < -0.3 is 5.32 Å². The molecule has 0 saturated carbocycles. The third kappa shape index (κ3) is 5.54. The maximum Gasteiger partial charge on any atom is 0.416 e. The van der Waals surface area contributed by atoms with E-state index in [0.29, 0.717) is 28.2 Å². The van der Waals surface area contributed by atoms with E-state index in [9.17, 15) is 18.0 Å². The molecule has 5 nitrogen and oxygen atoms in total. The van der Waals surface area contributed by atoms with E-state index in [4.69, 9.17) is 0 Å². The Hall–Kier alpha value is -3.78. The summed E-state index contributed by atoms with van der Waals surface area (Å²) in [5.74, 6) is 0.233. The Labute approximate surface area is 207 Å². The van der Waals surface area contributed by atoms with Crippen molar-refractivity contribution in [2.24, 2.45) is 0 Å². The van der Waals surface area contributed by atoms with E-state index in [1.807, 2.05) is 18.2 Å². The second-order valence-corrected chi connectivity index (χ2v) is 9.02. The summed E-state index contributed by atoms with van der Waals surface area (Å²) in [4.78, 5) is 24.2. The summed E-state index contributed by atoms with van der Waals surface area (Å²) in [6.45, 7) is 3.07. The number of rotatable bonds is 6. The highest BCUT2D eigenvalue weighted by Crippen LogP contribution is 2.32. The normalized spacial score (nSPS) is 14.3. The molecule has 4 aromatic rings. The molecule has 1 fully saturated rings. The second kappa shape index (κ2) is 10.1. The van der Waals surface area contributed by atoms with Gasteiger partial charge in [-0.2, -0.15) is 13.2 Å². The van der Waals surface area contributed by atoms with Crippen molar-refractivity contribution in [1.82, 2.24) is 14.9 Å². The van der Waals surface area contributed by atoms with Crippen molar-refractivity contribution in [2.45, 2.75) is 32.0 Å². The molecule has 0 radical (unpaired) electrons. The third-order valence-corrected chi connectivity index (χ3v) is 6.34. The van der Waals surface area contributed by atoms with Gasteiger partial charge in [-0.15, -0.1) is 0 Å². The summed E-state index contributed by atoms with van der Waals surface area (Å²) in [5, 5.41) is 3.64. The highest BCUT2D eigenvalue weighted by molar-refractivity contribution is 5.95. The van der Waals surface area contributed by atoms with Crippen LogP contribution in [0, 0.1) is 0 Å². The molecule has 1 aliphatic heterocycles. The summed E-state index contributed by atoms with van der Waals surface area (Å²) in [6, 6.07) is 17.9. The molecule has 0 bridgehead atoms. The zero-order valence-electron chi connectivity index (χ0n) is 19.6. The Bertz CT molecular complexity index is 1380. The molecule has 8 heteroatoms. The van der Waals surface area contributed by atoms with E-state index in [2.05, 4.69) is 20.2 Å². The molecule has 0 unspecified atom stereocenters. The first-order valence-electron chi connectivity index (χ1n) is 11.9. The minimum atomic E-state index is -4.43. The first-order valence-corrected chi connectivity index (χ1v) is 11.9. The number of anilines is 1. The minimum Gasteiger partial charge on any atom is -0.310 e. The van der Waals surface area contributed by atoms with Gasteiger partial charge in [0, 0.05) is 23.7 Å². The van der Waals surface area contributed by atoms with Crippen LogP contribution in [0.2, 0.25) is 0 Å². The van der Waals surface area contributed by atoms with Gasteiger partial charge in [-0.25, -0.2) is 9.97 Å². The van der Waals surface area contributed by atoms with Crippen molar-refractivity contribution in [1.29, 1.82) is 0 Å². The number of likely N-dealkylation sites (tertiary alicyclic amines) is 1. The van der Waals surface area contributed by atoms with Gasteiger partial charge in [-0.1, -0.05) is 42.5 Å². The standard InChI is InChI=1S/C28H25F3N4O/c29-28(30,31)23-8-4-6-21(15-23)24-11-10-20-5-3-7-22(27(20)33-24)16-26(36)34-25-12-9-19(17-32-25)18-35-13-1-2-14-35/h3-12,15,17H,1-2,13-14,16,18H2,(H,32,34,36). The summed E-state index contributed by atoms with van der Waals surface area (Å²) in [6.07, 6.45) is -0.128. The Kier molecular flexibility index (Phi) is 6.69. The average molecular weight is 491 g/mol. The third-order valence-electron chi connectivity index (χ3n) is 6.34. The Morgan fingerprint density at radius 3 is 2.53 bits per heavy atom. The van der Waals surface area contributed by atoms with E-state index < -0.39 is 11.7 Å². The largest absolute Gasteiger partial charge is 0.416 e. The number of nitrogens with one attached hydrogen (secondary N) is 1. The van der Waals surface area contributed by atoms with Crippen LogP contribution in [0.1, 0.15) is 29.5 Å². The molecule has 2 aromatic heterocycles. The second-order valence-electron chi connectivity index (χ2n) is 9.02. The zero-order valence-corrected chi connectivity index (χ0v) is 19.6. The lowest BCUT2D eigenvalue weighted by Crippen LogP contribution is -2.19. The van der Waals surface area contributed by atoms with Crippen molar-refractivity contribution in [2.75, 3.05) is 18.4 Å². The van der Waals surface area contributed by atoms with E-state index >= 15 is 0 Å². The zero-order chi connectivity index (χ0) is 25.1. The smallest absolute Gasteiger partial charge is 0.310 e.